The Morgan fingerprint density at radius 3 is 2.64 bits per heavy atom. The van der Waals surface area contributed by atoms with Gasteiger partial charge in [-0.05, 0) is 57.1 Å². The summed E-state index contributed by atoms with van der Waals surface area (Å²) in [5.41, 5.74) is 2.13. The Morgan fingerprint density at radius 2 is 1.93 bits per heavy atom. The number of carbonyl (C=O) groups excluding carboxylic acids is 1. The summed E-state index contributed by atoms with van der Waals surface area (Å²) < 4.78 is 0. The number of nitrogens with one attached hydrogen (secondary N) is 2. The first-order chi connectivity index (χ1) is 13.7. The molecule has 0 spiro atoms. The van der Waals surface area contributed by atoms with Gasteiger partial charge in [-0.3, -0.25) is 9.89 Å². The first kappa shape index (κ1) is 19.0. The SMILES string of the molecule is Cc1cc(Nc2cccc(CC3CCN(C(=O)C4CCCCC4)CC3)n2)n[nH]1. The number of hydrogen-bond acceptors (Lipinski definition) is 4. The lowest BCUT2D eigenvalue weighted by Gasteiger charge is -2.35. The van der Waals surface area contributed by atoms with E-state index in [0.29, 0.717) is 17.7 Å². The average molecular weight is 382 g/mol. The molecule has 6 heteroatoms. The van der Waals surface area contributed by atoms with Crippen molar-refractivity contribution in [2.45, 2.75) is 58.3 Å². The molecule has 2 aromatic rings. The van der Waals surface area contributed by atoms with Crippen molar-refractivity contribution in [3.8, 4) is 0 Å². The summed E-state index contributed by atoms with van der Waals surface area (Å²) in [6.07, 6.45) is 9.07. The van der Waals surface area contributed by atoms with E-state index in [1.807, 2.05) is 25.1 Å². The molecule has 4 rings (SSSR count). The Kier molecular flexibility index (Phi) is 5.93. The lowest BCUT2D eigenvalue weighted by molar-refractivity contribution is -0.138. The molecule has 0 radical (unpaired) electrons. The summed E-state index contributed by atoms with van der Waals surface area (Å²) >= 11 is 0. The van der Waals surface area contributed by atoms with Crippen LogP contribution in [0.3, 0.4) is 0 Å². The number of piperidine rings is 1. The van der Waals surface area contributed by atoms with Gasteiger partial charge in [-0.15, -0.1) is 0 Å². The predicted octanol–water partition coefficient (Wildman–Crippen LogP) is 4.22. The zero-order valence-electron chi connectivity index (χ0n) is 16.8. The van der Waals surface area contributed by atoms with Crippen molar-refractivity contribution in [1.29, 1.82) is 0 Å². The summed E-state index contributed by atoms with van der Waals surface area (Å²) in [6.45, 7) is 3.79. The standard InChI is InChI=1S/C22H31N5O/c1-16-14-21(26-25-16)24-20-9-5-8-19(23-20)15-17-10-12-27(13-11-17)22(28)18-6-3-2-4-7-18/h5,8-9,14,17-18H,2-4,6-7,10-13,15H2,1H3,(H2,23,24,25,26). The van der Waals surface area contributed by atoms with Crippen molar-refractivity contribution in [3.05, 3.63) is 35.7 Å². The summed E-state index contributed by atoms with van der Waals surface area (Å²) in [6, 6.07) is 8.08. The van der Waals surface area contributed by atoms with Gasteiger partial charge >= 0.3 is 0 Å². The molecule has 1 saturated carbocycles. The van der Waals surface area contributed by atoms with Crippen molar-refractivity contribution in [3.63, 3.8) is 0 Å². The second-order valence-corrected chi connectivity index (χ2v) is 8.38. The third kappa shape index (κ3) is 4.72. The number of aryl methyl sites for hydroxylation is 1. The van der Waals surface area contributed by atoms with Crippen molar-refractivity contribution < 1.29 is 4.79 Å². The zero-order chi connectivity index (χ0) is 19.3. The molecular weight excluding hydrogens is 350 g/mol. The molecule has 1 aliphatic carbocycles. The lowest BCUT2D eigenvalue weighted by Crippen LogP contribution is -2.42. The molecular formula is C22H31N5O. The number of H-pyrrole nitrogens is 1. The Labute approximate surface area is 167 Å². The molecule has 2 aliphatic rings. The normalized spacial score (nSPS) is 19.0. The van der Waals surface area contributed by atoms with Crippen molar-refractivity contribution in [2.75, 3.05) is 18.4 Å². The quantitative estimate of drug-likeness (QED) is 0.813. The van der Waals surface area contributed by atoms with Gasteiger partial charge in [-0.1, -0.05) is 25.3 Å². The third-order valence-electron chi connectivity index (χ3n) is 6.15. The number of aromatic amines is 1. The number of pyridine rings is 1. The topological polar surface area (TPSA) is 73.9 Å². The molecule has 0 bridgehead atoms. The third-order valence-corrected chi connectivity index (χ3v) is 6.15. The maximum Gasteiger partial charge on any atom is 0.225 e. The maximum atomic E-state index is 12.7. The van der Waals surface area contributed by atoms with Crippen LogP contribution < -0.4 is 5.32 Å². The first-order valence-electron chi connectivity index (χ1n) is 10.7. The van der Waals surface area contributed by atoms with Crippen molar-refractivity contribution in [2.24, 2.45) is 11.8 Å². The summed E-state index contributed by atoms with van der Waals surface area (Å²) in [5, 5.41) is 10.4. The van der Waals surface area contributed by atoms with Crippen LogP contribution in [0.1, 0.15) is 56.3 Å². The molecule has 0 unspecified atom stereocenters. The highest BCUT2D eigenvalue weighted by molar-refractivity contribution is 5.79. The number of rotatable bonds is 5. The van der Waals surface area contributed by atoms with Gasteiger partial charge in [-0.2, -0.15) is 5.10 Å². The molecule has 1 saturated heterocycles. The van der Waals surface area contributed by atoms with Crippen LogP contribution in [0.2, 0.25) is 0 Å². The predicted molar refractivity (Wildman–Crippen MR) is 110 cm³/mol. The number of nitrogens with zero attached hydrogens (tertiary/aromatic N) is 3. The van der Waals surface area contributed by atoms with Crippen LogP contribution in [-0.2, 0) is 11.2 Å². The Balaban J connectivity index is 1.28. The number of hydrogen-bond donors (Lipinski definition) is 2. The van der Waals surface area contributed by atoms with Gasteiger partial charge in [-0.25, -0.2) is 4.98 Å². The maximum absolute atomic E-state index is 12.7. The van der Waals surface area contributed by atoms with Crippen LogP contribution in [0, 0.1) is 18.8 Å². The number of carbonyl (C=O) groups is 1. The Bertz CT molecular complexity index is 788. The van der Waals surface area contributed by atoms with E-state index in [0.717, 1.165) is 68.2 Å². The molecule has 0 atom stereocenters. The van der Waals surface area contributed by atoms with Crippen LogP contribution in [-0.4, -0.2) is 39.1 Å². The van der Waals surface area contributed by atoms with Gasteiger partial charge < -0.3 is 10.2 Å². The highest BCUT2D eigenvalue weighted by atomic mass is 16.2. The summed E-state index contributed by atoms with van der Waals surface area (Å²) in [5.74, 6) is 2.92. The molecule has 1 amide bonds. The molecule has 6 nitrogen and oxygen atoms in total. The molecule has 2 fully saturated rings. The molecule has 2 N–H and O–H groups in total. The van der Waals surface area contributed by atoms with E-state index < -0.39 is 0 Å². The molecule has 3 heterocycles. The van der Waals surface area contributed by atoms with Crippen LogP contribution in [0.25, 0.3) is 0 Å². The fraction of sp³-hybridized carbons (Fsp3) is 0.591. The minimum absolute atomic E-state index is 0.292. The van der Waals surface area contributed by atoms with E-state index in [-0.39, 0.29) is 0 Å². The highest BCUT2D eigenvalue weighted by Crippen LogP contribution is 2.28. The van der Waals surface area contributed by atoms with Crippen LogP contribution >= 0.6 is 0 Å². The smallest absolute Gasteiger partial charge is 0.225 e. The van der Waals surface area contributed by atoms with Crippen LogP contribution in [0.15, 0.2) is 24.3 Å². The second-order valence-electron chi connectivity index (χ2n) is 8.38. The Hall–Kier alpha value is -2.37. The lowest BCUT2D eigenvalue weighted by atomic mass is 9.86. The van der Waals surface area contributed by atoms with E-state index in [1.165, 1.54) is 19.3 Å². The summed E-state index contributed by atoms with van der Waals surface area (Å²) in [4.78, 5) is 19.6. The van der Waals surface area contributed by atoms with Gasteiger partial charge in [0.1, 0.15) is 5.82 Å². The van der Waals surface area contributed by atoms with E-state index in [2.05, 4.69) is 26.5 Å². The van der Waals surface area contributed by atoms with Crippen LogP contribution in [0.5, 0.6) is 0 Å². The highest BCUT2D eigenvalue weighted by Gasteiger charge is 2.29. The number of amides is 1. The fourth-order valence-corrected chi connectivity index (χ4v) is 4.54. The summed E-state index contributed by atoms with van der Waals surface area (Å²) in [7, 11) is 0. The molecule has 0 aromatic carbocycles. The minimum atomic E-state index is 0.292. The van der Waals surface area contributed by atoms with E-state index >= 15 is 0 Å². The van der Waals surface area contributed by atoms with Gasteiger partial charge in [0.15, 0.2) is 5.82 Å². The number of aromatic nitrogens is 3. The van der Waals surface area contributed by atoms with E-state index in [9.17, 15) is 4.79 Å². The first-order valence-corrected chi connectivity index (χ1v) is 10.7. The minimum Gasteiger partial charge on any atom is -0.342 e. The average Bonchev–Trinajstić information content (AvgIpc) is 3.13. The second kappa shape index (κ2) is 8.76. The monoisotopic (exact) mass is 381 g/mol. The van der Waals surface area contributed by atoms with Crippen molar-refractivity contribution in [1.82, 2.24) is 20.1 Å². The fourth-order valence-electron chi connectivity index (χ4n) is 4.54. The van der Waals surface area contributed by atoms with E-state index in [1.54, 1.807) is 0 Å². The molecule has 28 heavy (non-hydrogen) atoms. The molecule has 150 valence electrons. The largest absolute Gasteiger partial charge is 0.342 e. The molecule has 1 aliphatic heterocycles. The number of anilines is 2. The van der Waals surface area contributed by atoms with Gasteiger partial charge in [0.2, 0.25) is 5.91 Å². The van der Waals surface area contributed by atoms with Gasteiger partial charge in [0.05, 0.1) is 0 Å². The van der Waals surface area contributed by atoms with Crippen LogP contribution in [0.4, 0.5) is 11.6 Å². The Morgan fingerprint density at radius 1 is 1.14 bits per heavy atom. The van der Waals surface area contributed by atoms with Gasteiger partial charge in [0, 0.05) is 36.5 Å². The number of likely N-dealkylation sites (tertiary alicyclic amines) is 1. The molecule has 2 aromatic heterocycles. The zero-order valence-corrected chi connectivity index (χ0v) is 16.8. The van der Waals surface area contributed by atoms with E-state index in [4.69, 9.17) is 4.98 Å². The van der Waals surface area contributed by atoms with Gasteiger partial charge in [0.25, 0.3) is 0 Å². The van der Waals surface area contributed by atoms with Crippen molar-refractivity contribution >= 4 is 17.5 Å².